The van der Waals surface area contributed by atoms with E-state index in [1.807, 2.05) is 0 Å². The molecule has 1 aliphatic rings. The van der Waals surface area contributed by atoms with Gasteiger partial charge in [-0.2, -0.15) is 4.31 Å². The van der Waals surface area contributed by atoms with Gasteiger partial charge in [-0.15, -0.1) is 0 Å². The molecule has 3 N–H and O–H groups in total. The van der Waals surface area contributed by atoms with Crippen LogP contribution in [-0.2, 0) is 17.1 Å². The number of piperidine rings is 1. The normalized spacial score (nSPS) is 21.5. The van der Waals surface area contributed by atoms with Crippen molar-refractivity contribution in [1.29, 1.82) is 0 Å². The minimum atomic E-state index is -3.66. The molecule has 0 spiro atoms. The Morgan fingerprint density at radius 3 is 2.74 bits per heavy atom. The summed E-state index contributed by atoms with van der Waals surface area (Å²) in [7, 11) is -2.16. The summed E-state index contributed by atoms with van der Waals surface area (Å²) >= 11 is 0. The number of rotatable bonds is 3. The zero-order valence-corrected chi connectivity index (χ0v) is 11.4. The zero-order chi connectivity index (χ0) is 14.2. The Balaban J connectivity index is 2.34. The Hall–Kier alpha value is -1.38. The standard InChI is InChI=1S/C11H17N3O4S/c1-13-7-9(5-10(13)11(15)16)19(17,18)14-4-2-3-8(12)6-14/h5,7-8H,2-4,6,12H2,1H3,(H,15,16). The fraction of sp³-hybridized carbons (Fsp3) is 0.545. The van der Waals surface area contributed by atoms with Gasteiger partial charge in [-0.05, 0) is 18.9 Å². The van der Waals surface area contributed by atoms with Gasteiger partial charge in [0.25, 0.3) is 0 Å². The zero-order valence-electron chi connectivity index (χ0n) is 10.6. The third kappa shape index (κ3) is 2.65. The van der Waals surface area contributed by atoms with Gasteiger partial charge in [0.05, 0.1) is 0 Å². The molecule has 1 saturated heterocycles. The molecular formula is C11H17N3O4S. The summed E-state index contributed by atoms with van der Waals surface area (Å²) in [6.07, 6.45) is 2.85. The van der Waals surface area contributed by atoms with Crippen molar-refractivity contribution < 1.29 is 18.3 Å². The van der Waals surface area contributed by atoms with Gasteiger partial charge in [-0.3, -0.25) is 0 Å². The van der Waals surface area contributed by atoms with E-state index >= 15 is 0 Å². The van der Waals surface area contributed by atoms with E-state index in [9.17, 15) is 13.2 Å². The van der Waals surface area contributed by atoms with Crippen LogP contribution in [0.1, 0.15) is 23.3 Å². The molecule has 0 bridgehead atoms. The Morgan fingerprint density at radius 1 is 1.53 bits per heavy atom. The second-order valence-corrected chi connectivity index (χ2v) is 6.68. The largest absolute Gasteiger partial charge is 0.477 e. The van der Waals surface area contributed by atoms with E-state index in [-0.39, 0.29) is 23.2 Å². The molecule has 2 heterocycles. The number of nitrogens with zero attached hydrogens (tertiary/aromatic N) is 2. The summed E-state index contributed by atoms with van der Waals surface area (Å²) in [4.78, 5) is 10.9. The molecule has 1 aromatic heterocycles. The Kier molecular flexibility index (Phi) is 3.66. The van der Waals surface area contributed by atoms with Gasteiger partial charge in [-0.1, -0.05) is 0 Å². The number of aromatic nitrogens is 1. The molecule has 1 fully saturated rings. The van der Waals surface area contributed by atoms with E-state index in [4.69, 9.17) is 10.8 Å². The second kappa shape index (κ2) is 4.95. The minimum Gasteiger partial charge on any atom is -0.477 e. The summed E-state index contributed by atoms with van der Waals surface area (Å²) in [6, 6.07) is 1.02. The van der Waals surface area contributed by atoms with Crippen LogP contribution < -0.4 is 5.73 Å². The third-order valence-corrected chi connectivity index (χ3v) is 5.09. The Bertz CT molecular complexity index is 593. The molecule has 1 aromatic rings. The van der Waals surface area contributed by atoms with E-state index in [1.54, 1.807) is 0 Å². The molecule has 0 aromatic carbocycles. The maximum absolute atomic E-state index is 12.4. The highest BCUT2D eigenvalue weighted by molar-refractivity contribution is 7.89. The van der Waals surface area contributed by atoms with E-state index in [0.717, 1.165) is 12.8 Å². The monoisotopic (exact) mass is 287 g/mol. The number of carboxylic acids is 1. The van der Waals surface area contributed by atoms with Crippen molar-refractivity contribution in [3.05, 3.63) is 18.0 Å². The lowest BCUT2D eigenvalue weighted by atomic mass is 10.1. The summed E-state index contributed by atoms with van der Waals surface area (Å²) < 4.78 is 27.4. The smallest absolute Gasteiger partial charge is 0.352 e. The number of aromatic carboxylic acids is 1. The molecule has 0 aliphatic carbocycles. The van der Waals surface area contributed by atoms with E-state index in [1.165, 1.54) is 28.2 Å². The summed E-state index contributed by atoms with van der Waals surface area (Å²) in [5, 5.41) is 8.95. The molecule has 106 valence electrons. The molecule has 2 rings (SSSR count). The highest BCUT2D eigenvalue weighted by Crippen LogP contribution is 2.21. The van der Waals surface area contributed by atoms with Crippen molar-refractivity contribution in [2.45, 2.75) is 23.8 Å². The molecule has 8 heteroatoms. The van der Waals surface area contributed by atoms with Crippen LogP contribution in [0.25, 0.3) is 0 Å². The highest BCUT2D eigenvalue weighted by atomic mass is 32.2. The van der Waals surface area contributed by atoms with Crippen molar-refractivity contribution in [2.24, 2.45) is 12.8 Å². The summed E-state index contributed by atoms with van der Waals surface area (Å²) in [6.45, 7) is 0.701. The highest BCUT2D eigenvalue weighted by Gasteiger charge is 2.30. The van der Waals surface area contributed by atoms with Gasteiger partial charge in [0.1, 0.15) is 10.6 Å². The lowest BCUT2D eigenvalue weighted by molar-refractivity contribution is 0.0686. The van der Waals surface area contributed by atoms with Crippen molar-refractivity contribution in [3.8, 4) is 0 Å². The van der Waals surface area contributed by atoms with Gasteiger partial charge < -0.3 is 15.4 Å². The Labute approximate surface area is 111 Å². The van der Waals surface area contributed by atoms with Crippen molar-refractivity contribution >= 4 is 16.0 Å². The molecule has 0 saturated carbocycles. The number of carboxylic acid groups (broad SMARTS) is 1. The second-order valence-electron chi connectivity index (χ2n) is 4.74. The first kappa shape index (κ1) is 14.0. The van der Waals surface area contributed by atoms with E-state index in [0.29, 0.717) is 6.54 Å². The third-order valence-electron chi connectivity index (χ3n) is 3.26. The first-order valence-electron chi connectivity index (χ1n) is 5.98. The predicted octanol–water partition coefficient (Wildman–Crippen LogP) is -0.165. The molecule has 1 aliphatic heterocycles. The lowest BCUT2D eigenvalue weighted by Crippen LogP contribution is -2.45. The summed E-state index contributed by atoms with van der Waals surface area (Å²) in [5.74, 6) is -1.15. The van der Waals surface area contributed by atoms with Crippen LogP contribution in [0, 0.1) is 0 Å². The molecule has 1 atom stereocenters. The molecular weight excluding hydrogens is 270 g/mol. The first-order chi connectivity index (χ1) is 8.82. The SMILES string of the molecule is Cn1cc(S(=O)(=O)N2CCCC(N)C2)cc1C(=O)O. The van der Waals surface area contributed by atoms with Crippen LogP contribution in [0.4, 0.5) is 0 Å². The number of carbonyl (C=O) groups is 1. The molecule has 19 heavy (non-hydrogen) atoms. The van der Waals surface area contributed by atoms with E-state index < -0.39 is 16.0 Å². The van der Waals surface area contributed by atoms with Crippen molar-refractivity contribution in [1.82, 2.24) is 8.87 Å². The number of aryl methyl sites for hydroxylation is 1. The van der Waals surface area contributed by atoms with Gasteiger partial charge in [0.15, 0.2) is 0 Å². The minimum absolute atomic E-state index is 0.00139. The van der Waals surface area contributed by atoms with Crippen LogP contribution in [0.3, 0.4) is 0 Å². The van der Waals surface area contributed by atoms with Gasteiger partial charge in [0, 0.05) is 32.4 Å². The maximum Gasteiger partial charge on any atom is 0.352 e. The molecule has 7 nitrogen and oxygen atoms in total. The number of nitrogens with two attached hydrogens (primary N) is 1. The van der Waals surface area contributed by atoms with E-state index in [2.05, 4.69) is 0 Å². The van der Waals surface area contributed by atoms with Crippen molar-refractivity contribution in [2.75, 3.05) is 13.1 Å². The van der Waals surface area contributed by atoms with Crippen LogP contribution in [0.15, 0.2) is 17.2 Å². The molecule has 0 amide bonds. The van der Waals surface area contributed by atoms with Crippen LogP contribution >= 0.6 is 0 Å². The molecule has 0 radical (unpaired) electrons. The molecule has 1 unspecified atom stereocenters. The van der Waals surface area contributed by atoms with Crippen molar-refractivity contribution in [3.63, 3.8) is 0 Å². The predicted molar refractivity (Wildman–Crippen MR) is 68.3 cm³/mol. The first-order valence-corrected chi connectivity index (χ1v) is 7.42. The average Bonchev–Trinajstić information content (AvgIpc) is 2.72. The quantitative estimate of drug-likeness (QED) is 0.803. The Morgan fingerprint density at radius 2 is 2.21 bits per heavy atom. The van der Waals surface area contributed by atoms with Gasteiger partial charge >= 0.3 is 5.97 Å². The fourth-order valence-electron chi connectivity index (χ4n) is 2.23. The van der Waals surface area contributed by atoms with Gasteiger partial charge in [-0.25, -0.2) is 13.2 Å². The van der Waals surface area contributed by atoms with Crippen LogP contribution in [-0.4, -0.2) is 47.5 Å². The average molecular weight is 287 g/mol. The summed E-state index contributed by atoms with van der Waals surface area (Å²) in [5.41, 5.74) is 5.72. The maximum atomic E-state index is 12.4. The van der Waals surface area contributed by atoms with Crippen LogP contribution in [0.5, 0.6) is 0 Å². The number of hydrogen-bond acceptors (Lipinski definition) is 4. The van der Waals surface area contributed by atoms with Gasteiger partial charge in [0.2, 0.25) is 10.0 Å². The number of sulfonamides is 1. The fourth-order valence-corrected chi connectivity index (χ4v) is 3.84. The topological polar surface area (TPSA) is 106 Å². The lowest BCUT2D eigenvalue weighted by Gasteiger charge is -2.29. The number of hydrogen-bond donors (Lipinski definition) is 2. The van der Waals surface area contributed by atoms with Crippen LogP contribution in [0.2, 0.25) is 0 Å².